The van der Waals surface area contributed by atoms with E-state index in [1.165, 1.54) is 11.1 Å². The van der Waals surface area contributed by atoms with Crippen LogP contribution in [0.2, 0.25) is 5.02 Å². The van der Waals surface area contributed by atoms with Gasteiger partial charge in [0.2, 0.25) is 0 Å². The van der Waals surface area contributed by atoms with Crippen LogP contribution in [0.25, 0.3) is 0 Å². The fourth-order valence-corrected chi connectivity index (χ4v) is 2.39. The zero-order valence-electron chi connectivity index (χ0n) is 13.6. The lowest BCUT2D eigenvalue weighted by atomic mass is 10.1. The molecule has 0 aromatic heterocycles. The Labute approximate surface area is 148 Å². The van der Waals surface area contributed by atoms with E-state index in [0.717, 1.165) is 11.4 Å². The standard InChI is InChI=1S/C18H21ClN2OS/c1-13-7-8-16(11-14(13)2)20-18(23)21(3)9-10-22-17-6-4-5-15(19)12-17/h4-8,11-12H,9-10H2,1-3H3,(H,20,23). The third-order valence-electron chi connectivity index (χ3n) is 3.60. The molecule has 23 heavy (non-hydrogen) atoms. The largest absolute Gasteiger partial charge is 0.492 e. The third kappa shape index (κ3) is 5.41. The van der Waals surface area contributed by atoms with Gasteiger partial charge in [-0.05, 0) is 67.5 Å². The Morgan fingerprint density at radius 1 is 1.17 bits per heavy atom. The van der Waals surface area contributed by atoms with Crippen molar-refractivity contribution < 1.29 is 4.74 Å². The van der Waals surface area contributed by atoms with Crippen molar-refractivity contribution >= 4 is 34.6 Å². The van der Waals surface area contributed by atoms with Gasteiger partial charge in [-0.2, -0.15) is 0 Å². The van der Waals surface area contributed by atoms with E-state index in [1.807, 2.05) is 36.2 Å². The van der Waals surface area contributed by atoms with Crippen LogP contribution >= 0.6 is 23.8 Å². The number of halogens is 1. The van der Waals surface area contributed by atoms with E-state index >= 15 is 0 Å². The van der Waals surface area contributed by atoms with E-state index in [9.17, 15) is 0 Å². The number of nitrogens with one attached hydrogen (secondary N) is 1. The summed E-state index contributed by atoms with van der Waals surface area (Å²) in [5.41, 5.74) is 3.51. The summed E-state index contributed by atoms with van der Waals surface area (Å²) in [6, 6.07) is 13.6. The van der Waals surface area contributed by atoms with E-state index in [4.69, 9.17) is 28.6 Å². The predicted molar refractivity (Wildman–Crippen MR) is 102 cm³/mol. The number of rotatable bonds is 5. The van der Waals surface area contributed by atoms with Crippen LogP contribution in [0.1, 0.15) is 11.1 Å². The molecule has 0 aliphatic heterocycles. The lowest BCUT2D eigenvalue weighted by Crippen LogP contribution is -2.34. The second-order valence-electron chi connectivity index (χ2n) is 5.46. The Morgan fingerprint density at radius 2 is 1.96 bits per heavy atom. The summed E-state index contributed by atoms with van der Waals surface area (Å²) in [4.78, 5) is 1.95. The molecule has 0 atom stereocenters. The van der Waals surface area contributed by atoms with Gasteiger partial charge < -0.3 is 15.0 Å². The maximum atomic E-state index is 5.93. The fourth-order valence-electron chi connectivity index (χ4n) is 2.00. The van der Waals surface area contributed by atoms with Crippen LogP contribution in [-0.4, -0.2) is 30.2 Å². The van der Waals surface area contributed by atoms with Gasteiger partial charge in [0.05, 0.1) is 6.54 Å². The highest BCUT2D eigenvalue weighted by Crippen LogP contribution is 2.17. The first-order valence-electron chi connectivity index (χ1n) is 7.43. The van der Waals surface area contributed by atoms with Gasteiger partial charge in [0.25, 0.3) is 0 Å². The molecule has 0 heterocycles. The van der Waals surface area contributed by atoms with Crippen molar-refractivity contribution in [2.45, 2.75) is 13.8 Å². The SMILES string of the molecule is Cc1ccc(NC(=S)N(C)CCOc2cccc(Cl)c2)cc1C. The second kappa shape index (κ2) is 8.18. The van der Waals surface area contributed by atoms with Crippen molar-refractivity contribution in [1.82, 2.24) is 4.90 Å². The molecule has 0 bridgehead atoms. The molecule has 1 N–H and O–H groups in total. The first kappa shape index (κ1) is 17.6. The van der Waals surface area contributed by atoms with Gasteiger partial charge in [0, 0.05) is 17.8 Å². The van der Waals surface area contributed by atoms with Crippen LogP contribution in [0.5, 0.6) is 5.75 Å². The number of benzene rings is 2. The number of thiocarbonyl (C=S) groups is 1. The van der Waals surface area contributed by atoms with E-state index < -0.39 is 0 Å². The Kier molecular flexibility index (Phi) is 6.25. The Balaban J connectivity index is 1.81. The highest BCUT2D eigenvalue weighted by molar-refractivity contribution is 7.80. The highest BCUT2D eigenvalue weighted by atomic mass is 35.5. The molecule has 0 amide bonds. The number of likely N-dealkylation sites (N-methyl/N-ethyl adjacent to an activating group) is 1. The summed E-state index contributed by atoms with van der Waals surface area (Å²) < 4.78 is 5.68. The molecular formula is C18H21ClN2OS. The molecule has 0 saturated heterocycles. The Bertz CT molecular complexity index is 690. The van der Waals surface area contributed by atoms with Gasteiger partial charge in [-0.3, -0.25) is 0 Å². The lowest BCUT2D eigenvalue weighted by molar-refractivity contribution is 0.285. The molecule has 2 aromatic rings. The molecular weight excluding hydrogens is 328 g/mol. The summed E-state index contributed by atoms with van der Waals surface area (Å²) in [5, 5.41) is 4.59. The van der Waals surface area contributed by atoms with Gasteiger partial charge in [-0.25, -0.2) is 0 Å². The first-order chi connectivity index (χ1) is 11.0. The quantitative estimate of drug-likeness (QED) is 0.794. The van der Waals surface area contributed by atoms with Gasteiger partial charge >= 0.3 is 0 Å². The van der Waals surface area contributed by atoms with E-state index in [-0.39, 0.29) is 0 Å². The van der Waals surface area contributed by atoms with Crippen LogP contribution < -0.4 is 10.1 Å². The summed E-state index contributed by atoms with van der Waals surface area (Å²) in [6.45, 7) is 5.40. The number of aryl methyl sites for hydroxylation is 2. The van der Waals surface area contributed by atoms with E-state index in [0.29, 0.717) is 23.3 Å². The number of ether oxygens (including phenoxy) is 1. The number of hydrogen-bond acceptors (Lipinski definition) is 2. The van der Waals surface area contributed by atoms with Gasteiger partial charge in [-0.1, -0.05) is 23.7 Å². The smallest absolute Gasteiger partial charge is 0.173 e. The lowest BCUT2D eigenvalue weighted by Gasteiger charge is -2.21. The minimum absolute atomic E-state index is 0.533. The number of hydrogen-bond donors (Lipinski definition) is 1. The number of nitrogens with zero attached hydrogens (tertiary/aromatic N) is 1. The molecule has 0 aliphatic rings. The third-order valence-corrected chi connectivity index (χ3v) is 4.25. The van der Waals surface area contributed by atoms with Crippen molar-refractivity contribution in [3.05, 3.63) is 58.6 Å². The van der Waals surface area contributed by atoms with Crippen molar-refractivity contribution in [3.8, 4) is 5.75 Å². The number of anilines is 1. The van der Waals surface area contributed by atoms with Crippen LogP contribution in [0.3, 0.4) is 0 Å². The molecule has 0 spiro atoms. The maximum absolute atomic E-state index is 5.93. The van der Waals surface area contributed by atoms with Gasteiger partial charge in [0.1, 0.15) is 12.4 Å². The average Bonchev–Trinajstić information content (AvgIpc) is 2.51. The maximum Gasteiger partial charge on any atom is 0.173 e. The molecule has 5 heteroatoms. The molecule has 122 valence electrons. The topological polar surface area (TPSA) is 24.5 Å². The molecule has 0 unspecified atom stereocenters. The first-order valence-corrected chi connectivity index (χ1v) is 8.22. The predicted octanol–water partition coefficient (Wildman–Crippen LogP) is 4.66. The Morgan fingerprint density at radius 3 is 2.65 bits per heavy atom. The molecule has 0 aliphatic carbocycles. The molecule has 0 fully saturated rings. The van der Waals surface area contributed by atoms with Crippen LogP contribution in [0.4, 0.5) is 5.69 Å². The monoisotopic (exact) mass is 348 g/mol. The van der Waals surface area contributed by atoms with E-state index in [2.05, 4.69) is 31.3 Å². The summed E-state index contributed by atoms with van der Waals surface area (Å²) in [5.74, 6) is 0.763. The Hall–Kier alpha value is -1.78. The molecule has 0 radical (unpaired) electrons. The van der Waals surface area contributed by atoms with Crippen LogP contribution in [0, 0.1) is 13.8 Å². The van der Waals surface area contributed by atoms with Crippen LogP contribution in [-0.2, 0) is 0 Å². The van der Waals surface area contributed by atoms with Crippen molar-refractivity contribution in [2.24, 2.45) is 0 Å². The molecule has 2 rings (SSSR count). The molecule has 0 saturated carbocycles. The van der Waals surface area contributed by atoms with Crippen LogP contribution in [0.15, 0.2) is 42.5 Å². The zero-order valence-corrected chi connectivity index (χ0v) is 15.2. The minimum Gasteiger partial charge on any atom is -0.492 e. The van der Waals surface area contributed by atoms with Gasteiger partial charge in [-0.15, -0.1) is 0 Å². The van der Waals surface area contributed by atoms with Crippen molar-refractivity contribution in [2.75, 3.05) is 25.5 Å². The molecule has 2 aromatic carbocycles. The summed E-state index contributed by atoms with van der Waals surface area (Å²) in [6.07, 6.45) is 0. The fraction of sp³-hybridized carbons (Fsp3) is 0.278. The average molecular weight is 349 g/mol. The van der Waals surface area contributed by atoms with Crippen molar-refractivity contribution in [1.29, 1.82) is 0 Å². The summed E-state index contributed by atoms with van der Waals surface area (Å²) in [7, 11) is 1.94. The minimum atomic E-state index is 0.533. The van der Waals surface area contributed by atoms with E-state index in [1.54, 1.807) is 6.07 Å². The van der Waals surface area contributed by atoms with Gasteiger partial charge in [0.15, 0.2) is 5.11 Å². The summed E-state index contributed by atoms with van der Waals surface area (Å²) >= 11 is 11.4. The molecule has 3 nitrogen and oxygen atoms in total. The zero-order chi connectivity index (χ0) is 16.8. The van der Waals surface area contributed by atoms with Crippen molar-refractivity contribution in [3.63, 3.8) is 0 Å². The normalized spacial score (nSPS) is 10.3. The highest BCUT2D eigenvalue weighted by Gasteiger charge is 2.06. The second-order valence-corrected chi connectivity index (χ2v) is 6.28.